The van der Waals surface area contributed by atoms with Crippen LogP contribution in [0.1, 0.15) is 38.1 Å². The maximum absolute atomic E-state index is 4.42. The summed E-state index contributed by atoms with van der Waals surface area (Å²) < 4.78 is 4.42. The number of nitrogens with one attached hydrogen (secondary N) is 1. The highest BCUT2D eigenvalue weighted by molar-refractivity contribution is 4.96. The van der Waals surface area contributed by atoms with E-state index in [1.807, 2.05) is 24.9 Å². The highest BCUT2D eigenvalue weighted by Crippen LogP contribution is 2.30. The molecule has 0 aromatic carbocycles. The third kappa shape index (κ3) is 2.56. The SMILES string of the molecule is CCn1ccnc1CNC1CCCC1n1ccnc1. The lowest BCUT2D eigenvalue weighted by Gasteiger charge is -2.22. The maximum Gasteiger partial charge on any atom is 0.122 e. The minimum atomic E-state index is 0.524. The lowest BCUT2D eigenvalue weighted by atomic mass is 10.1. The zero-order valence-corrected chi connectivity index (χ0v) is 11.4. The van der Waals surface area contributed by atoms with Crippen LogP contribution in [-0.4, -0.2) is 25.1 Å². The van der Waals surface area contributed by atoms with Crippen LogP contribution in [0.25, 0.3) is 0 Å². The summed E-state index contributed by atoms with van der Waals surface area (Å²) in [5.41, 5.74) is 0. The van der Waals surface area contributed by atoms with Gasteiger partial charge >= 0.3 is 0 Å². The quantitative estimate of drug-likeness (QED) is 0.893. The number of aromatic nitrogens is 4. The van der Waals surface area contributed by atoms with Crippen LogP contribution >= 0.6 is 0 Å². The fraction of sp³-hybridized carbons (Fsp3) is 0.571. The molecule has 2 aromatic rings. The molecule has 1 aliphatic carbocycles. The molecule has 0 bridgehead atoms. The summed E-state index contributed by atoms with van der Waals surface area (Å²) in [5, 5.41) is 3.67. The number of hydrogen-bond acceptors (Lipinski definition) is 3. The minimum Gasteiger partial charge on any atom is -0.334 e. The third-order valence-corrected chi connectivity index (χ3v) is 4.05. The summed E-state index contributed by atoms with van der Waals surface area (Å²) in [4.78, 5) is 8.57. The van der Waals surface area contributed by atoms with Gasteiger partial charge in [-0.15, -0.1) is 0 Å². The maximum atomic E-state index is 4.42. The van der Waals surface area contributed by atoms with Crippen molar-refractivity contribution in [2.24, 2.45) is 0 Å². The van der Waals surface area contributed by atoms with Gasteiger partial charge < -0.3 is 14.5 Å². The van der Waals surface area contributed by atoms with E-state index in [4.69, 9.17) is 0 Å². The van der Waals surface area contributed by atoms with E-state index in [9.17, 15) is 0 Å². The Kier molecular flexibility index (Phi) is 3.64. The van der Waals surface area contributed by atoms with E-state index in [-0.39, 0.29) is 0 Å². The van der Waals surface area contributed by atoms with E-state index in [0.29, 0.717) is 12.1 Å². The van der Waals surface area contributed by atoms with Gasteiger partial charge in [0.2, 0.25) is 0 Å². The van der Waals surface area contributed by atoms with Gasteiger partial charge in [-0.05, 0) is 26.2 Å². The Hall–Kier alpha value is -1.62. The fourth-order valence-electron chi connectivity index (χ4n) is 3.02. The number of hydrogen-bond donors (Lipinski definition) is 1. The average molecular weight is 259 g/mol. The molecule has 0 spiro atoms. The zero-order valence-electron chi connectivity index (χ0n) is 11.4. The van der Waals surface area contributed by atoms with Gasteiger partial charge in [-0.25, -0.2) is 9.97 Å². The first-order chi connectivity index (χ1) is 9.38. The van der Waals surface area contributed by atoms with Crippen molar-refractivity contribution >= 4 is 0 Å². The van der Waals surface area contributed by atoms with E-state index < -0.39 is 0 Å². The Morgan fingerprint density at radius 3 is 3.05 bits per heavy atom. The van der Waals surface area contributed by atoms with Crippen molar-refractivity contribution in [1.82, 2.24) is 24.4 Å². The van der Waals surface area contributed by atoms with Crippen LogP contribution in [0.5, 0.6) is 0 Å². The molecule has 2 aromatic heterocycles. The first-order valence-electron chi connectivity index (χ1n) is 7.09. The van der Waals surface area contributed by atoms with Crippen LogP contribution in [-0.2, 0) is 13.1 Å². The summed E-state index contributed by atoms with van der Waals surface area (Å²) in [5.74, 6) is 1.12. The number of imidazole rings is 2. The molecular weight excluding hydrogens is 238 g/mol. The van der Waals surface area contributed by atoms with Crippen LogP contribution in [0.4, 0.5) is 0 Å². The van der Waals surface area contributed by atoms with Gasteiger partial charge in [-0.2, -0.15) is 0 Å². The number of aryl methyl sites for hydroxylation is 1. The zero-order chi connectivity index (χ0) is 13.1. The first kappa shape index (κ1) is 12.4. The second kappa shape index (κ2) is 5.57. The van der Waals surface area contributed by atoms with Gasteiger partial charge in [0.25, 0.3) is 0 Å². The molecular formula is C14H21N5. The van der Waals surface area contributed by atoms with E-state index in [2.05, 4.69) is 37.5 Å². The van der Waals surface area contributed by atoms with E-state index >= 15 is 0 Å². The molecule has 0 aliphatic heterocycles. The first-order valence-corrected chi connectivity index (χ1v) is 7.09. The topological polar surface area (TPSA) is 47.7 Å². The Morgan fingerprint density at radius 1 is 1.32 bits per heavy atom. The average Bonchev–Trinajstić information content (AvgIpc) is 3.16. The van der Waals surface area contributed by atoms with Gasteiger partial charge in [-0.3, -0.25) is 0 Å². The molecule has 5 heteroatoms. The van der Waals surface area contributed by atoms with E-state index in [1.54, 1.807) is 0 Å². The van der Waals surface area contributed by atoms with Gasteiger partial charge in [0, 0.05) is 43.4 Å². The summed E-state index contributed by atoms with van der Waals surface area (Å²) in [6.45, 7) is 3.97. The summed E-state index contributed by atoms with van der Waals surface area (Å²) >= 11 is 0. The number of rotatable bonds is 5. The smallest absolute Gasteiger partial charge is 0.122 e. The molecule has 102 valence electrons. The normalized spacial score (nSPS) is 23.0. The lowest BCUT2D eigenvalue weighted by molar-refractivity contribution is 0.384. The summed E-state index contributed by atoms with van der Waals surface area (Å²) in [6.07, 6.45) is 13.5. The van der Waals surface area contributed by atoms with Crippen LogP contribution in [0, 0.1) is 0 Å². The Morgan fingerprint density at radius 2 is 2.26 bits per heavy atom. The third-order valence-electron chi connectivity index (χ3n) is 4.05. The van der Waals surface area contributed by atoms with Crippen molar-refractivity contribution in [3.63, 3.8) is 0 Å². The van der Waals surface area contributed by atoms with Gasteiger partial charge in [0.05, 0.1) is 12.9 Å². The molecule has 19 heavy (non-hydrogen) atoms. The van der Waals surface area contributed by atoms with E-state index in [1.165, 1.54) is 19.3 Å². The Labute approximate surface area is 113 Å². The predicted octanol–water partition coefficient (Wildman–Crippen LogP) is 1.98. The summed E-state index contributed by atoms with van der Waals surface area (Å²) in [6, 6.07) is 1.06. The van der Waals surface area contributed by atoms with Crippen LogP contribution in [0.3, 0.4) is 0 Å². The van der Waals surface area contributed by atoms with Gasteiger partial charge in [0.1, 0.15) is 5.82 Å². The van der Waals surface area contributed by atoms with Crippen molar-refractivity contribution in [3.8, 4) is 0 Å². The molecule has 1 aliphatic rings. The van der Waals surface area contributed by atoms with Crippen molar-refractivity contribution in [3.05, 3.63) is 36.9 Å². The lowest BCUT2D eigenvalue weighted by Crippen LogP contribution is -2.33. The van der Waals surface area contributed by atoms with E-state index in [0.717, 1.165) is 18.9 Å². The van der Waals surface area contributed by atoms with Crippen LogP contribution in [0.2, 0.25) is 0 Å². The molecule has 2 heterocycles. The summed E-state index contributed by atoms with van der Waals surface area (Å²) in [7, 11) is 0. The predicted molar refractivity (Wildman–Crippen MR) is 73.6 cm³/mol. The van der Waals surface area contributed by atoms with Crippen molar-refractivity contribution in [2.45, 2.75) is 51.4 Å². The second-order valence-corrected chi connectivity index (χ2v) is 5.13. The molecule has 0 radical (unpaired) electrons. The highest BCUT2D eigenvalue weighted by atomic mass is 15.1. The minimum absolute atomic E-state index is 0.524. The van der Waals surface area contributed by atoms with Gasteiger partial charge in [0.15, 0.2) is 0 Å². The monoisotopic (exact) mass is 259 g/mol. The number of nitrogens with zero attached hydrogens (tertiary/aromatic N) is 4. The standard InChI is InChI=1S/C14H21N5/c1-2-18-9-7-16-14(18)10-17-12-4-3-5-13(12)19-8-6-15-11-19/h6-9,11-13,17H,2-5,10H2,1H3. The largest absolute Gasteiger partial charge is 0.334 e. The Balaban J connectivity index is 1.63. The van der Waals surface area contributed by atoms with Crippen LogP contribution < -0.4 is 5.32 Å². The molecule has 2 atom stereocenters. The fourth-order valence-corrected chi connectivity index (χ4v) is 3.02. The highest BCUT2D eigenvalue weighted by Gasteiger charge is 2.28. The van der Waals surface area contributed by atoms with Gasteiger partial charge in [-0.1, -0.05) is 0 Å². The van der Waals surface area contributed by atoms with Crippen molar-refractivity contribution in [2.75, 3.05) is 0 Å². The molecule has 0 saturated heterocycles. The second-order valence-electron chi connectivity index (χ2n) is 5.13. The molecule has 5 nitrogen and oxygen atoms in total. The van der Waals surface area contributed by atoms with Crippen LogP contribution in [0.15, 0.2) is 31.1 Å². The van der Waals surface area contributed by atoms with Crippen molar-refractivity contribution < 1.29 is 0 Å². The molecule has 2 unspecified atom stereocenters. The molecule has 1 N–H and O–H groups in total. The molecule has 1 fully saturated rings. The molecule has 0 amide bonds. The molecule has 3 rings (SSSR count). The molecule has 1 saturated carbocycles. The Bertz CT molecular complexity index is 502. The van der Waals surface area contributed by atoms with Crippen molar-refractivity contribution in [1.29, 1.82) is 0 Å².